The van der Waals surface area contributed by atoms with Crippen molar-refractivity contribution in [2.24, 2.45) is 5.92 Å². The lowest BCUT2D eigenvalue weighted by Crippen LogP contribution is -2.25. The third kappa shape index (κ3) is 5.73. The summed E-state index contributed by atoms with van der Waals surface area (Å²) in [7, 11) is 0. The van der Waals surface area contributed by atoms with E-state index in [4.69, 9.17) is 4.74 Å². The molecule has 1 unspecified atom stereocenters. The van der Waals surface area contributed by atoms with Gasteiger partial charge >= 0.3 is 0 Å². The van der Waals surface area contributed by atoms with Gasteiger partial charge in [0, 0.05) is 12.5 Å². The fourth-order valence-electron chi connectivity index (χ4n) is 1.84. The number of hydrogen-bond donors (Lipinski definition) is 1. The van der Waals surface area contributed by atoms with E-state index in [9.17, 15) is 0 Å². The number of aryl methyl sites for hydroxylation is 2. The number of benzene rings is 1. The maximum absolute atomic E-state index is 5.82. The molecule has 0 bridgehead atoms. The SMILES string of the molecule is CCCNCC(C)COc1cc(C)cc(C)c1. The Morgan fingerprint density at radius 1 is 1.18 bits per heavy atom. The van der Waals surface area contributed by atoms with E-state index < -0.39 is 0 Å². The highest BCUT2D eigenvalue weighted by molar-refractivity contribution is 5.32. The van der Waals surface area contributed by atoms with Crippen molar-refractivity contribution in [2.45, 2.75) is 34.1 Å². The summed E-state index contributed by atoms with van der Waals surface area (Å²) in [5.41, 5.74) is 2.52. The molecule has 1 rings (SSSR count). The van der Waals surface area contributed by atoms with Crippen LogP contribution in [0.2, 0.25) is 0 Å². The van der Waals surface area contributed by atoms with Crippen LogP contribution in [0.4, 0.5) is 0 Å². The largest absolute Gasteiger partial charge is 0.493 e. The zero-order chi connectivity index (χ0) is 12.7. The Labute approximate surface area is 105 Å². The van der Waals surface area contributed by atoms with Gasteiger partial charge in [-0.2, -0.15) is 0 Å². The third-order valence-electron chi connectivity index (χ3n) is 2.65. The fraction of sp³-hybridized carbons (Fsp3) is 0.600. The lowest BCUT2D eigenvalue weighted by molar-refractivity contribution is 0.255. The minimum Gasteiger partial charge on any atom is -0.493 e. The molecular weight excluding hydrogens is 210 g/mol. The summed E-state index contributed by atoms with van der Waals surface area (Å²) in [5.74, 6) is 1.53. The molecule has 0 radical (unpaired) electrons. The van der Waals surface area contributed by atoms with Crippen LogP contribution in [-0.4, -0.2) is 19.7 Å². The molecule has 0 saturated heterocycles. The summed E-state index contributed by atoms with van der Waals surface area (Å²) in [6.07, 6.45) is 1.19. The molecule has 17 heavy (non-hydrogen) atoms. The molecule has 0 saturated carbocycles. The second kappa shape index (κ2) is 7.33. The molecule has 0 heterocycles. The van der Waals surface area contributed by atoms with Gasteiger partial charge in [-0.15, -0.1) is 0 Å². The van der Waals surface area contributed by atoms with E-state index in [1.54, 1.807) is 0 Å². The molecule has 0 aliphatic rings. The highest BCUT2D eigenvalue weighted by Gasteiger charge is 2.03. The van der Waals surface area contributed by atoms with E-state index >= 15 is 0 Å². The Morgan fingerprint density at radius 3 is 2.41 bits per heavy atom. The van der Waals surface area contributed by atoms with Crippen LogP contribution < -0.4 is 10.1 Å². The Hall–Kier alpha value is -1.02. The Kier molecular flexibility index (Phi) is 6.06. The maximum Gasteiger partial charge on any atom is 0.119 e. The average molecular weight is 235 g/mol. The third-order valence-corrected chi connectivity index (χ3v) is 2.65. The van der Waals surface area contributed by atoms with Crippen LogP contribution in [-0.2, 0) is 0 Å². The molecular formula is C15H25NO. The molecule has 0 aliphatic heterocycles. The number of rotatable bonds is 7. The zero-order valence-corrected chi connectivity index (χ0v) is 11.5. The van der Waals surface area contributed by atoms with Gasteiger partial charge in [-0.3, -0.25) is 0 Å². The monoisotopic (exact) mass is 235 g/mol. The Morgan fingerprint density at radius 2 is 1.82 bits per heavy atom. The molecule has 2 nitrogen and oxygen atoms in total. The van der Waals surface area contributed by atoms with Crippen molar-refractivity contribution in [1.29, 1.82) is 0 Å². The van der Waals surface area contributed by atoms with Crippen LogP contribution in [0, 0.1) is 19.8 Å². The van der Waals surface area contributed by atoms with Crippen molar-refractivity contribution < 1.29 is 4.74 Å². The summed E-state index contributed by atoms with van der Waals surface area (Å²) in [6.45, 7) is 11.5. The van der Waals surface area contributed by atoms with Gasteiger partial charge in [0.15, 0.2) is 0 Å². The summed E-state index contributed by atoms with van der Waals surface area (Å²) in [5, 5.41) is 3.41. The lowest BCUT2D eigenvalue weighted by Gasteiger charge is -2.14. The van der Waals surface area contributed by atoms with Crippen molar-refractivity contribution in [1.82, 2.24) is 5.32 Å². The second-order valence-electron chi connectivity index (χ2n) is 4.94. The van der Waals surface area contributed by atoms with E-state index in [1.165, 1.54) is 17.5 Å². The minimum atomic E-state index is 0.544. The average Bonchev–Trinajstić information content (AvgIpc) is 2.25. The van der Waals surface area contributed by atoms with Crippen molar-refractivity contribution in [2.75, 3.05) is 19.7 Å². The summed E-state index contributed by atoms with van der Waals surface area (Å²) in [6, 6.07) is 6.36. The number of nitrogens with one attached hydrogen (secondary N) is 1. The van der Waals surface area contributed by atoms with Crippen molar-refractivity contribution in [3.63, 3.8) is 0 Å². The first-order valence-corrected chi connectivity index (χ1v) is 6.53. The maximum atomic E-state index is 5.82. The molecule has 1 aromatic carbocycles. The van der Waals surface area contributed by atoms with Gasteiger partial charge in [0.05, 0.1) is 6.61 Å². The Balaban J connectivity index is 2.34. The summed E-state index contributed by atoms with van der Waals surface area (Å²) in [4.78, 5) is 0. The molecule has 1 aromatic rings. The highest BCUT2D eigenvalue weighted by atomic mass is 16.5. The van der Waals surface area contributed by atoms with Crippen LogP contribution in [0.15, 0.2) is 18.2 Å². The number of hydrogen-bond acceptors (Lipinski definition) is 2. The second-order valence-corrected chi connectivity index (χ2v) is 4.94. The van der Waals surface area contributed by atoms with E-state index in [-0.39, 0.29) is 0 Å². The van der Waals surface area contributed by atoms with Gasteiger partial charge in [-0.05, 0) is 50.1 Å². The fourth-order valence-corrected chi connectivity index (χ4v) is 1.84. The van der Waals surface area contributed by atoms with Gasteiger partial charge < -0.3 is 10.1 Å². The predicted molar refractivity (Wildman–Crippen MR) is 73.7 cm³/mol. The molecule has 0 fully saturated rings. The topological polar surface area (TPSA) is 21.3 Å². The quantitative estimate of drug-likeness (QED) is 0.732. The Bertz CT molecular complexity index is 315. The van der Waals surface area contributed by atoms with Crippen LogP contribution in [0.3, 0.4) is 0 Å². The number of ether oxygens (including phenoxy) is 1. The van der Waals surface area contributed by atoms with Gasteiger partial charge in [-0.25, -0.2) is 0 Å². The van der Waals surface area contributed by atoms with Gasteiger partial charge in [0.25, 0.3) is 0 Å². The van der Waals surface area contributed by atoms with Crippen LogP contribution in [0.1, 0.15) is 31.4 Å². The van der Waals surface area contributed by atoms with Crippen LogP contribution in [0.25, 0.3) is 0 Å². The molecule has 0 aliphatic carbocycles. The van der Waals surface area contributed by atoms with E-state index in [1.807, 2.05) is 0 Å². The minimum absolute atomic E-state index is 0.544. The van der Waals surface area contributed by atoms with Crippen LogP contribution >= 0.6 is 0 Å². The lowest BCUT2D eigenvalue weighted by atomic mass is 10.1. The normalized spacial score (nSPS) is 12.5. The first-order valence-electron chi connectivity index (χ1n) is 6.53. The van der Waals surface area contributed by atoms with E-state index in [2.05, 4.69) is 51.2 Å². The standard InChI is InChI=1S/C15H25NO/c1-5-6-16-10-14(4)11-17-15-8-12(2)7-13(3)9-15/h7-9,14,16H,5-6,10-11H2,1-4H3. The van der Waals surface area contributed by atoms with Crippen molar-refractivity contribution in [3.05, 3.63) is 29.3 Å². The molecule has 0 aromatic heterocycles. The van der Waals surface area contributed by atoms with E-state index in [0.29, 0.717) is 5.92 Å². The van der Waals surface area contributed by atoms with Crippen LogP contribution in [0.5, 0.6) is 5.75 Å². The van der Waals surface area contributed by atoms with Gasteiger partial charge in [0.1, 0.15) is 5.75 Å². The molecule has 1 N–H and O–H groups in total. The van der Waals surface area contributed by atoms with Crippen molar-refractivity contribution >= 4 is 0 Å². The summed E-state index contributed by atoms with van der Waals surface area (Å²) < 4.78 is 5.82. The molecule has 0 amide bonds. The highest BCUT2D eigenvalue weighted by Crippen LogP contribution is 2.16. The first-order chi connectivity index (χ1) is 8.11. The van der Waals surface area contributed by atoms with Gasteiger partial charge in [0.2, 0.25) is 0 Å². The predicted octanol–water partition coefficient (Wildman–Crippen LogP) is 3.32. The first kappa shape index (κ1) is 14.0. The van der Waals surface area contributed by atoms with E-state index in [0.717, 1.165) is 25.4 Å². The smallest absolute Gasteiger partial charge is 0.119 e. The zero-order valence-electron chi connectivity index (χ0n) is 11.5. The summed E-state index contributed by atoms with van der Waals surface area (Å²) >= 11 is 0. The molecule has 1 atom stereocenters. The molecule has 0 spiro atoms. The molecule has 2 heteroatoms. The molecule has 96 valence electrons. The van der Waals surface area contributed by atoms with Crippen molar-refractivity contribution in [3.8, 4) is 5.75 Å². The van der Waals surface area contributed by atoms with Gasteiger partial charge in [-0.1, -0.05) is 19.9 Å².